The second-order valence-corrected chi connectivity index (χ2v) is 7.93. The molecule has 0 aromatic heterocycles. The van der Waals surface area contributed by atoms with Gasteiger partial charge in [-0.2, -0.15) is 0 Å². The van der Waals surface area contributed by atoms with Crippen molar-refractivity contribution in [2.75, 3.05) is 13.2 Å². The number of benzene rings is 2. The largest absolute Gasteiger partial charge is 0.493 e. The first-order valence-electron chi connectivity index (χ1n) is 8.51. The summed E-state index contributed by atoms with van der Waals surface area (Å²) in [6.45, 7) is 3.96. The van der Waals surface area contributed by atoms with Crippen LogP contribution in [0.5, 0.6) is 11.5 Å². The maximum atomic E-state index is 12.4. The van der Waals surface area contributed by atoms with Crippen LogP contribution in [-0.4, -0.2) is 30.1 Å². The molecule has 2 aromatic carbocycles. The van der Waals surface area contributed by atoms with Crippen LogP contribution in [0.2, 0.25) is 0 Å². The van der Waals surface area contributed by atoms with E-state index in [2.05, 4.69) is 48.0 Å². The molecule has 0 aliphatic heterocycles. The van der Waals surface area contributed by atoms with Crippen molar-refractivity contribution >= 4 is 61.0 Å². The Kier molecular flexibility index (Phi) is 8.87. The molecule has 0 radical (unpaired) electrons. The molecule has 0 bridgehead atoms. The summed E-state index contributed by atoms with van der Waals surface area (Å²) in [5, 5.41) is 2.42. The molecule has 0 unspecified atom stereocenters. The summed E-state index contributed by atoms with van der Waals surface area (Å²) in [4.78, 5) is 24.4. The summed E-state index contributed by atoms with van der Waals surface area (Å²) >= 11 is 11.7. The summed E-state index contributed by atoms with van der Waals surface area (Å²) < 4.78 is 12.4. The number of hydrogen-bond donors (Lipinski definition) is 3. The molecule has 0 atom stereocenters. The Morgan fingerprint density at radius 1 is 1.03 bits per heavy atom. The Bertz CT molecular complexity index is 924. The van der Waals surface area contributed by atoms with E-state index in [1.807, 2.05) is 26.0 Å². The van der Waals surface area contributed by atoms with E-state index >= 15 is 0 Å². The number of ether oxygens (including phenoxy) is 2. The van der Waals surface area contributed by atoms with E-state index in [9.17, 15) is 9.59 Å². The normalized spacial score (nSPS) is 10.1. The van der Waals surface area contributed by atoms with Crippen molar-refractivity contribution in [2.45, 2.75) is 13.8 Å². The van der Waals surface area contributed by atoms with E-state index in [1.165, 1.54) is 0 Å². The van der Waals surface area contributed by atoms with Crippen LogP contribution < -0.4 is 25.6 Å². The maximum absolute atomic E-state index is 12.4. The Labute approximate surface area is 190 Å². The van der Waals surface area contributed by atoms with Gasteiger partial charge in [0.15, 0.2) is 11.7 Å². The first-order valence-corrected chi connectivity index (χ1v) is 10.5. The molecule has 0 saturated carbocycles. The van der Waals surface area contributed by atoms with Crippen LogP contribution in [0.25, 0.3) is 0 Å². The van der Waals surface area contributed by atoms with Gasteiger partial charge in [0, 0.05) is 4.47 Å². The van der Waals surface area contributed by atoms with Crippen LogP contribution in [0.4, 0.5) is 0 Å². The number of hydrogen-bond acceptors (Lipinski definition) is 5. The number of thiocarbonyl (C=S) groups is 1. The van der Waals surface area contributed by atoms with E-state index in [-0.39, 0.29) is 11.7 Å². The number of aryl methyl sites for hydroxylation is 1. The van der Waals surface area contributed by atoms with Crippen LogP contribution >= 0.6 is 44.1 Å². The number of nitrogens with one attached hydrogen (secondary N) is 3. The topological polar surface area (TPSA) is 88.7 Å². The maximum Gasteiger partial charge on any atom is 0.276 e. The van der Waals surface area contributed by atoms with Gasteiger partial charge in [0.1, 0.15) is 11.5 Å². The zero-order chi connectivity index (χ0) is 21.4. The molecular formula is C19H19Br2N3O4S. The highest BCUT2D eigenvalue weighted by Crippen LogP contribution is 2.25. The molecule has 2 aromatic rings. The first kappa shape index (κ1) is 23.1. The Balaban J connectivity index is 1.84. The molecule has 0 heterocycles. The Morgan fingerprint density at radius 3 is 2.45 bits per heavy atom. The number of hydrazine groups is 1. The zero-order valence-electron chi connectivity index (χ0n) is 15.7. The second-order valence-electron chi connectivity index (χ2n) is 5.75. The molecule has 7 nitrogen and oxygen atoms in total. The molecular weight excluding hydrogens is 526 g/mol. The smallest absolute Gasteiger partial charge is 0.276 e. The highest BCUT2D eigenvalue weighted by atomic mass is 79.9. The molecule has 0 aliphatic rings. The van der Waals surface area contributed by atoms with Gasteiger partial charge in [-0.3, -0.25) is 25.8 Å². The molecule has 0 spiro atoms. The molecule has 0 aliphatic carbocycles. The standard InChI is InChI=1S/C19H19Br2N3O4S/c1-3-27-15-7-5-12(20)9-13(15)18(26)22-19(29)24-23-17(25)10-28-16-6-4-11(2)8-14(16)21/h4-9H,3,10H2,1-2H3,(H,23,25)(H2,22,24,26,29). The van der Waals surface area contributed by atoms with Crippen molar-refractivity contribution in [3.63, 3.8) is 0 Å². The van der Waals surface area contributed by atoms with Crippen molar-refractivity contribution < 1.29 is 19.1 Å². The highest BCUT2D eigenvalue weighted by molar-refractivity contribution is 9.10. The van der Waals surface area contributed by atoms with Crippen molar-refractivity contribution in [1.29, 1.82) is 0 Å². The average Bonchev–Trinajstić information content (AvgIpc) is 2.67. The lowest BCUT2D eigenvalue weighted by atomic mass is 10.2. The van der Waals surface area contributed by atoms with Crippen LogP contribution in [0.15, 0.2) is 45.3 Å². The molecule has 3 N–H and O–H groups in total. The summed E-state index contributed by atoms with van der Waals surface area (Å²) in [6.07, 6.45) is 0. The van der Waals surface area contributed by atoms with E-state index in [0.29, 0.717) is 23.7 Å². The summed E-state index contributed by atoms with van der Waals surface area (Å²) in [5.41, 5.74) is 6.20. The van der Waals surface area contributed by atoms with Gasteiger partial charge < -0.3 is 9.47 Å². The molecule has 2 amide bonds. The monoisotopic (exact) mass is 543 g/mol. The van der Waals surface area contributed by atoms with Gasteiger partial charge in [-0.1, -0.05) is 22.0 Å². The van der Waals surface area contributed by atoms with Gasteiger partial charge in [-0.15, -0.1) is 0 Å². The van der Waals surface area contributed by atoms with E-state index in [4.69, 9.17) is 21.7 Å². The van der Waals surface area contributed by atoms with E-state index in [0.717, 1.165) is 14.5 Å². The molecule has 0 fully saturated rings. The molecule has 29 heavy (non-hydrogen) atoms. The van der Waals surface area contributed by atoms with Crippen molar-refractivity contribution in [3.8, 4) is 11.5 Å². The number of carbonyl (C=O) groups excluding carboxylic acids is 2. The summed E-state index contributed by atoms with van der Waals surface area (Å²) in [6, 6.07) is 10.6. The molecule has 154 valence electrons. The Hall–Kier alpha value is -2.17. The lowest BCUT2D eigenvalue weighted by Gasteiger charge is -2.14. The zero-order valence-corrected chi connectivity index (χ0v) is 19.7. The third-order valence-electron chi connectivity index (χ3n) is 3.47. The average molecular weight is 545 g/mol. The number of carbonyl (C=O) groups is 2. The van der Waals surface area contributed by atoms with E-state index < -0.39 is 11.8 Å². The third-order valence-corrected chi connectivity index (χ3v) is 4.79. The predicted octanol–water partition coefficient (Wildman–Crippen LogP) is 3.63. The minimum absolute atomic E-state index is 0.0673. The van der Waals surface area contributed by atoms with Crippen LogP contribution in [0, 0.1) is 6.92 Å². The lowest BCUT2D eigenvalue weighted by Crippen LogP contribution is -2.49. The fraction of sp³-hybridized carbons (Fsp3) is 0.211. The van der Waals surface area contributed by atoms with Crippen LogP contribution in [-0.2, 0) is 4.79 Å². The number of halogens is 2. The Morgan fingerprint density at radius 2 is 1.76 bits per heavy atom. The van der Waals surface area contributed by atoms with Crippen LogP contribution in [0.1, 0.15) is 22.8 Å². The molecule has 2 rings (SSSR count). The lowest BCUT2D eigenvalue weighted by molar-refractivity contribution is -0.123. The summed E-state index contributed by atoms with van der Waals surface area (Å²) in [7, 11) is 0. The minimum Gasteiger partial charge on any atom is -0.493 e. The fourth-order valence-electron chi connectivity index (χ4n) is 2.19. The predicted molar refractivity (Wildman–Crippen MR) is 121 cm³/mol. The van der Waals surface area contributed by atoms with Gasteiger partial charge >= 0.3 is 0 Å². The van der Waals surface area contributed by atoms with E-state index in [1.54, 1.807) is 24.3 Å². The van der Waals surface area contributed by atoms with Gasteiger partial charge in [0.05, 0.1) is 16.6 Å². The quantitative estimate of drug-likeness (QED) is 0.380. The minimum atomic E-state index is -0.471. The van der Waals surface area contributed by atoms with Gasteiger partial charge in [-0.25, -0.2) is 0 Å². The number of amides is 2. The van der Waals surface area contributed by atoms with Crippen LogP contribution in [0.3, 0.4) is 0 Å². The highest BCUT2D eigenvalue weighted by Gasteiger charge is 2.15. The van der Waals surface area contributed by atoms with Crippen molar-refractivity contribution in [2.24, 2.45) is 0 Å². The SMILES string of the molecule is CCOc1ccc(Br)cc1C(=O)NC(=S)NNC(=O)COc1ccc(C)cc1Br. The van der Waals surface area contributed by atoms with Crippen molar-refractivity contribution in [1.82, 2.24) is 16.2 Å². The second kappa shape index (κ2) is 11.1. The fourth-order valence-corrected chi connectivity index (χ4v) is 3.30. The first-order chi connectivity index (χ1) is 13.8. The third kappa shape index (κ3) is 7.30. The molecule has 0 saturated heterocycles. The van der Waals surface area contributed by atoms with Gasteiger partial charge in [0.25, 0.3) is 11.8 Å². The number of rotatable bonds is 6. The van der Waals surface area contributed by atoms with Gasteiger partial charge in [-0.05, 0) is 77.9 Å². The molecule has 10 heteroatoms. The van der Waals surface area contributed by atoms with Gasteiger partial charge in [0.2, 0.25) is 0 Å². The summed E-state index contributed by atoms with van der Waals surface area (Å²) in [5.74, 6) is 0.0321. The van der Waals surface area contributed by atoms with Crippen molar-refractivity contribution in [3.05, 3.63) is 56.5 Å².